The van der Waals surface area contributed by atoms with Gasteiger partial charge in [-0.2, -0.15) is 0 Å². The number of hydrogen-bond acceptors (Lipinski definition) is 3. The summed E-state index contributed by atoms with van der Waals surface area (Å²) >= 11 is 5.98. The van der Waals surface area contributed by atoms with Gasteiger partial charge in [-0.1, -0.05) is 17.7 Å². The molecule has 2 heterocycles. The molecule has 0 radical (unpaired) electrons. The van der Waals surface area contributed by atoms with Crippen LogP contribution in [0.3, 0.4) is 0 Å². The zero-order valence-corrected chi connectivity index (χ0v) is 13.2. The molecule has 1 saturated heterocycles. The Morgan fingerprint density at radius 2 is 2.00 bits per heavy atom. The van der Waals surface area contributed by atoms with Gasteiger partial charge >= 0.3 is 0 Å². The molecular formula is C17H18ClN3O. The lowest BCUT2D eigenvalue weighted by Crippen LogP contribution is -2.19. The highest BCUT2D eigenvalue weighted by molar-refractivity contribution is 6.31. The third-order valence-corrected chi connectivity index (χ3v) is 4.13. The second-order valence-electron chi connectivity index (χ2n) is 5.51. The Balaban J connectivity index is 1.80. The average Bonchev–Trinajstić information content (AvgIpc) is 3.05. The van der Waals surface area contributed by atoms with Crippen molar-refractivity contribution in [2.75, 3.05) is 23.3 Å². The summed E-state index contributed by atoms with van der Waals surface area (Å²) in [5.41, 5.74) is 3.16. The normalized spacial score (nSPS) is 14.2. The van der Waals surface area contributed by atoms with Crippen LogP contribution in [0.2, 0.25) is 5.02 Å². The van der Waals surface area contributed by atoms with Crippen molar-refractivity contribution in [3.05, 3.63) is 52.8 Å². The first-order valence-corrected chi connectivity index (χ1v) is 7.80. The summed E-state index contributed by atoms with van der Waals surface area (Å²) in [4.78, 5) is 18.9. The van der Waals surface area contributed by atoms with Crippen LogP contribution in [-0.4, -0.2) is 24.0 Å². The zero-order chi connectivity index (χ0) is 15.5. The molecule has 0 aliphatic carbocycles. The summed E-state index contributed by atoms with van der Waals surface area (Å²) < 4.78 is 0. The van der Waals surface area contributed by atoms with E-state index in [0.717, 1.165) is 24.3 Å². The minimum absolute atomic E-state index is 0.216. The number of carbonyl (C=O) groups is 1. The van der Waals surface area contributed by atoms with Crippen molar-refractivity contribution in [2.24, 2.45) is 0 Å². The number of pyridine rings is 1. The van der Waals surface area contributed by atoms with E-state index in [1.54, 1.807) is 18.3 Å². The number of aryl methyl sites for hydroxylation is 1. The minimum Gasteiger partial charge on any atom is -0.371 e. The Kier molecular flexibility index (Phi) is 4.29. The van der Waals surface area contributed by atoms with Gasteiger partial charge in [-0.3, -0.25) is 9.78 Å². The van der Waals surface area contributed by atoms with Gasteiger partial charge in [-0.15, -0.1) is 0 Å². The summed E-state index contributed by atoms with van der Waals surface area (Å²) in [5, 5.41) is 3.48. The molecule has 1 aliphatic heterocycles. The van der Waals surface area contributed by atoms with Gasteiger partial charge in [0.25, 0.3) is 5.91 Å². The van der Waals surface area contributed by atoms with Crippen LogP contribution in [0.4, 0.5) is 11.4 Å². The summed E-state index contributed by atoms with van der Waals surface area (Å²) in [6.07, 6.45) is 4.09. The SMILES string of the molecule is Cc1ccc(Cl)cc1NC(=O)c1cc(N2CCCC2)ccn1. The zero-order valence-electron chi connectivity index (χ0n) is 12.5. The topological polar surface area (TPSA) is 45.2 Å². The molecule has 1 aliphatic rings. The maximum absolute atomic E-state index is 12.4. The van der Waals surface area contributed by atoms with E-state index in [9.17, 15) is 4.79 Å². The van der Waals surface area contributed by atoms with E-state index in [2.05, 4.69) is 15.2 Å². The molecule has 1 fully saturated rings. The average molecular weight is 316 g/mol. The monoisotopic (exact) mass is 315 g/mol. The van der Waals surface area contributed by atoms with Crippen LogP contribution in [0.25, 0.3) is 0 Å². The number of nitrogens with zero attached hydrogens (tertiary/aromatic N) is 2. The number of rotatable bonds is 3. The number of benzene rings is 1. The Morgan fingerprint density at radius 1 is 1.23 bits per heavy atom. The van der Waals surface area contributed by atoms with Crippen molar-refractivity contribution in [1.29, 1.82) is 0 Å². The van der Waals surface area contributed by atoms with Gasteiger partial charge in [0.05, 0.1) is 0 Å². The highest BCUT2D eigenvalue weighted by Crippen LogP contribution is 2.23. The molecule has 1 aromatic heterocycles. The molecule has 0 unspecified atom stereocenters. The second kappa shape index (κ2) is 6.36. The number of nitrogens with one attached hydrogen (secondary N) is 1. The number of anilines is 2. The third kappa shape index (κ3) is 3.22. The minimum atomic E-state index is -0.216. The number of amides is 1. The molecule has 1 N–H and O–H groups in total. The quantitative estimate of drug-likeness (QED) is 0.934. The molecule has 3 rings (SSSR count). The van der Waals surface area contributed by atoms with Gasteiger partial charge in [0.2, 0.25) is 0 Å². The maximum Gasteiger partial charge on any atom is 0.274 e. The lowest BCUT2D eigenvalue weighted by molar-refractivity contribution is 0.102. The summed E-state index contributed by atoms with van der Waals surface area (Å²) in [7, 11) is 0. The number of hydrogen-bond donors (Lipinski definition) is 1. The molecule has 1 amide bonds. The molecular weight excluding hydrogens is 298 g/mol. The fraction of sp³-hybridized carbons (Fsp3) is 0.294. The smallest absolute Gasteiger partial charge is 0.274 e. The van der Waals surface area contributed by atoms with Crippen molar-refractivity contribution in [1.82, 2.24) is 4.98 Å². The Hall–Kier alpha value is -2.07. The number of carbonyl (C=O) groups excluding carboxylic acids is 1. The molecule has 4 nitrogen and oxygen atoms in total. The standard InChI is InChI=1S/C17H18ClN3O/c1-12-4-5-13(18)10-15(12)20-17(22)16-11-14(6-7-19-16)21-8-2-3-9-21/h4-7,10-11H,2-3,8-9H2,1H3,(H,20,22). The van der Waals surface area contributed by atoms with Crippen LogP contribution in [0.1, 0.15) is 28.9 Å². The molecule has 0 bridgehead atoms. The maximum atomic E-state index is 12.4. The van der Waals surface area contributed by atoms with Crippen LogP contribution in [-0.2, 0) is 0 Å². The Bertz CT molecular complexity index is 696. The van der Waals surface area contributed by atoms with Gasteiger partial charge in [-0.25, -0.2) is 0 Å². The number of aromatic nitrogens is 1. The first-order chi connectivity index (χ1) is 10.6. The van der Waals surface area contributed by atoms with E-state index < -0.39 is 0 Å². The highest BCUT2D eigenvalue weighted by atomic mass is 35.5. The van der Waals surface area contributed by atoms with Crippen molar-refractivity contribution >= 4 is 28.9 Å². The third-order valence-electron chi connectivity index (χ3n) is 3.90. The predicted molar refractivity (Wildman–Crippen MR) is 89.8 cm³/mol. The van der Waals surface area contributed by atoms with Crippen molar-refractivity contribution in [2.45, 2.75) is 19.8 Å². The Morgan fingerprint density at radius 3 is 2.77 bits per heavy atom. The fourth-order valence-corrected chi connectivity index (χ4v) is 2.80. The first kappa shape index (κ1) is 14.9. The molecule has 0 atom stereocenters. The van der Waals surface area contributed by atoms with E-state index in [-0.39, 0.29) is 5.91 Å². The van der Waals surface area contributed by atoms with Gasteiger partial charge in [-0.05, 0) is 49.6 Å². The molecule has 22 heavy (non-hydrogen) atoms. The van der Waals surface area contributed by atoms with Crippen LogP contribution in [0, 0.1) is 6.92 Å². The van der Waals surface area contributed by atoms with Crippen LogP contribution in [0.5, 0.6) is 0 Å². The van der Waals surface area contributed by atoms with Crippen LogP contribution in [0.15, 0.2) is 36.5 Å². The van der Waals surface area contributed by atoms with E-state index >= 15 is 0 Å². The van der Waals surface area contributed by atoms with Gasteiger partial charge < -0.3 is 10.2 Å². The Labute approximate surface area is 135 Å². The van der Waals surface area contributed by atoms with E-state index in [0.29, 0.717) is 16.4 Å². The van der Waals surface area contributed by atoms with Crippen molar-refractivity contribution in [3.63, 3.8) is 0 Å². The lowest BCUT2D eigenvalue weighted by Gasteiger charge is -2.17. The molecule has 114 valence electrons. The number of halogens is 1. The summed E-state index contributed by atoms with van der Waals surface area (Å²) in [6.45, 7) is 4.01. The summed E-state index contributed by atoms with van der Waals surface area (Å²) in [5.74, 6) is -0.216. The largest absolute Gasteiger partial charge is 0.371 e. The summed E-state index contributed by atoms with van der Waals surface area (Å²) in [6, 6.07) is 9.23. The fourth-order valence-electron chi connectivity index (χ4n) is 2.63. The van der Waals surface area contributed by atoms with Crippen LogP contribution >= 0.6 is 11.6 Å². The molecule has 2 aromatic rings. The highest BCUT2D eigenvalue weighted by Gasteiger charge is 2.15. The predicted octanol–water partition coefficient (Wildman–Crippen LogP) is 3.90. The first-order valence-electron chi connectivity index (χ1n) is 7.42. The van der Waals surface area contributed by atoms with E-state index in [1.165, 1.54) is 12.8 Å². The molecule has 0 spiro atoms. The lowest BCUT2D eigenvalue weighted by atomic mass is 10.2. The van der Waals surface area contributed by atoms with Crippen molar-refractivity contribution in [3.8, 4) is 0 Å². The molecule has 1 aromatic carbocycles. The molecule has 5 heteroatoms. The van der Waals surface area contributed by atoms with Gasteiger partial charge in [0.1, 0.15) is 5.69 Å². The second-order valence-corrected chi connectivity index (χ2v) is 5.94. The van der Waals surface area contributed by atoms with E-state index in [1.807, 2.05) is 25.1 Å². The molecule has 0 saturated carbocycles. The van der Waals surface area contributed by atoms with Gasteiger partial charge in [0, 0.05) is 35.7 Å². The van der Waals surface area contributed by atoms with Gasteiger partial charge in [0.15, 0.2) is 0 Å². The van der Waals surface area contributed by atoms with Crippen LogP contribution < -0.4 is 10.2 Å². The van der Waals surface area contributed by atoms with Crippen molar-refractivity contribution < 1.29 is 4.79 Å². The van der Waals surface area contributed by atoms with E-state index in [4.69, 9.17) is 11.6 Å².